The maximum absolute atomic E-state index is 15.1. The standard InChI is InChI=1S/C23H22F4N4O4/c1-13(23(25,26)27)35-19-11-18(31-22(34)30-8-3-2-7-20(30)29-31)17(24)10-16(19)21(33)28-15-6-4-5-14(9-15)12-32/h4-6,9-11,13,32H,2-3,7-8,12H2,1H3,(H,28,33). The zero-order valence-corrected chi connectivity index (χ0v) is 18.6. The van der Waals surface area contributed by atoms with Gasteiger partial charge in [0.15, 0.2) is 6.10 Å². The number of nitrogens with zero attached hydrogens (tertiary/aromatic N) is 3. The summed E-state index contributed by atoms with van der Waals surface area (Å²) in [6, 6.07) is 7.69. The summed E-state index contributed by atoms with van der Waals surface area (Å²) < 4.78 is 62.0. The van der Waals surface area contributed by atoms with Crippen LogP contribution in [0.25, 0.3) is 5.69 Å². The first-order chi connectivity index (χ1) is 16.6. The van der Waals surface area contributed by atoms with Crippen molar-refractivity contribution >= 4 is 11.6 Å². The number of fused-ring (bicyclic) bond motifs is 1. The van der Waals surface area contributed by atoms with E-state index in [4.69, 9.17) is 4.74 Å². The van der Waals surface area contributed by atoms with Crippen LogP contribution in [0.15, 0.2) is 41.2 Å². The van der Waals surface area contributed by atoms with Crippen LogP contribution in [-0.4, -0.2) is 37.6 Å². The Kier molecular flexibility index (Phi) is 6.66. The number of carbonyl (C=O) groups excluding carboxylic acids is 1. The summed E-state index contributed by atoms with van der Waals surface area (Å²) in [7, 11) is 0. The quantitative estimate of drug-likeness (QED) is 0.511. The SMILES string of the molecule is CC(Oc1cc(-n2nc3n(c2=O)CCCC3)c(F)cc1C(=O)Nc1cccc(CO)c1)C(F)(F)F. The largest absolute Gasteiger partial charge is 0.480 e. The summed E-state index contributed by atoms with van der Waals surface area (Å²) >= 11 is 0. The minimum Gasteiger partial charge on any atom is -0.480 e. The fourth-order valence-corrected chi connectivity index (χ4v) is 3.74. The van der Waals surface area contributed by atoms with Gasteiger partial charge in [-0.05, 0) is 43.5 Å². The van der Waals surface area contributed by atoms with Crippen molar-refractivity contribution in [2.75, 3.05) is 5.32 Å². The van der Waals surface area contributed by atoms with E-state index in [2.05, 4.69) is 10.4 Å². The third-order valence-corrected chi connectivity index (χ3v) is 5.63. The number of aryl methyl sites for hydroxylation is 1. The number of carbonyl (C=O) groups is 1. The first-order valence-corrected chi connectivity index (χ1v) is 10.9. The maximum atomic E-state index is 15.1. The molecular weight excluding hydrogens is 472 g/mol. The van der Waals surface area contributed by atoms with Gasteiger partial charge < -0.3 is 15.2 Å². The minimum atomic E-state index is -4.76. The van der Waals surface area contributed by atoms with Crippen LogP contribution in [0.2, 0.25) is 0 Å². The van der Waals surface area contributed by atoms with Crippen molar-refractivity contribution in [3.05, 3.63) is 69.7 Å². The number of hydrogen-bond donors (Lipinski definition) is 2. The summed E-state index contributed by atoms with van der Waals surface area (Å²) in [5.41, 5.74) is -0.853. The average Bonchev–Trinajstić information content (AvgIpc) is 3.15. The van der Waals surface area contributed by atoms with Crippen LogP contribution in [0.3, 0.4) is 0 Å². The number of rotatable bonds is 6. The topological polar surface area (TPSA) is 98.4 Å². The fraction of sp³-hybridized carbons (Fsp3) is 0.348. The number of aliphatic hydroxyl groups is 1. The van der Waals surface area contributed by atoms with Crippen molar-refractivity contribution in [2.45, 2.75) is 51.6 Å². The van der Waals surface area contributed by atoms with Gasteiger partial charge in [-0.25, -0.2) is 9.18 Å². The van der Waals surface area contributed by atoms with Crippen molar-refractivity contribution < 1.29 is 32.2 Å². The van der Waals surface area contributed by atoms with Gasteiger partial charge in [0, 0.05) is 24.7 Å². The number of hydrogen-bond acceptors (Lipinski definition) is 5. The number of halogens is 4. The molecule has 0 fully saturated rings. The Hall–Kier alpha value is -3.67. The highest BCUT2D eigenvalue weighted by Gasteiger charge is 2.39. The molecule has 2 N–H and O–H groups in total. The molecule has 1 unspecified atom stereocenters. The number of nitrogens with one attached hydrogen (secondary N) is 1. The van der Waals surface area contributed by atoms with E-state index >= 15 is 4.39 Å². The van der Waals surface area contributed by atoms with Gasteiger partial charge in [-0.15, -0.1) is 5.10 Å². The molecule has 0 spiro atoms. The first-order valence-electron chi connectivity index (χ1n) is 10.9. The van der Waals surface area contributed by atoms with Crippen molar-refractivity contribution in [1.82, 2.24) is 14.3 Å². The van der Waals surface area contributed by atoms with E-state index < -0.39 is 46.7 Å². The zero-order chi connectivity index (χ0) is 25.3. The molecule has 35 heavy (non-hydrogen) atoms. The number of alkyl halides is 3. The number of aromatic nitrogens is 3. The molecule has 1 aliphatic rings. The molecule has 8 nitrogen and oxygen atoms in total. The van der Waals surface area contributed by atoms with Crippen molar-refractivity contribution in [1.29, 1.82) is 0 Å². The Bertz CT molecular complexity index is 1320. The number of anilines is 1. The van der Waals surface area contributed by atoms with Crippen LogP contribution in [0.5, 0.6) is 5.75 Å². The van der Waals surface area contributed by atoms with Crippen LogP contribution < -0.4 is 15.7 Å². The van der Waals surface area contributed by atoms with Gasteiger partial charge in [0.05, 0.1) is 12.2 Å². The normalized spacial score (nSPS) is 14.3. The number of aliphatic hydroxyl groups excluding tert-OH is 1. The van der Waals surface area contributed by atoms with Crippen LogP contribution in [-0.2, 0) is 19.6 Å². The molecule has 3 aromatic rings. The number of benzene rings is 2. The molecule has 0 radical (unpaired) electrons. The Balaban J connectivity index is 1.77. The van der Waals surface area contributed by atoms with E-state index in [1.807, 2.05) is 0 Å². The summed E-state index contributed by atoms with van der Waals surface area (Å²) in [6.07, 6.45) is -5.03. The highest BCUT2D eigenvalue weighted by molar-refractivity contribution is 6.06. The van der Waals surface area contributed by atoms with Crippen molar-refractivity contribution in [2.24, 2.45) is 0 Å². The Morgan fingerprint density at radius 1 is 1.26 bits per heavy atom. The molecule has 2 heterocycles. The fourth-order valence-electron chi connectivity index (χ4n) is 3.74. The van der Waals surface area contributed by atoms with E-state index in [0.29, 0.717) is 30.4 Å². The highest BCUT2D eigenvalue weighted by atomic mass is 19.4. The monoisotopic (exact) mass is 494 g/mol. The lowest BCUT2D eigenvalue weighted by atomic mass is 10.1. The second-order valence-corrected chi connectivity index (χ2v) is 8.13. The van der Waals surface area contributed by atoms with Crippen LogP contribution in [0.1, 0.15) is 41.5 Å². The van der Waals surface area contributed by atoms with E-state index in [-0.39, 0.29) is 12.3 Å². The summed E-state index contributed by atoms with van der Waals surface area (Å²) in [4.78, 5) is 25.7. The lowest BCUT2D eigenvalue weighted by Crippen LogP contribution is -2.32. The summed E-state index contributed by atoms with van der Waals surface area (Å²) in [6.45, 7) is 0.850. The van der Waals surface area contributed by atoms with E-state index in [1.54, 1.807) is 12.1 Å². The molecule has 0 saturated carbocycles. The lowest BCUT2D eigenvalue weighted by molar-refractivity contribution is -0.189. The minimum absolute atomic E-state index is 0.235. The lowest BCUT2D eigenvalue weighted by Gasteiger charge is -2.20. The number of amides is 1. The Labute approximate surface area is 196 Å². The predicted molar refractivity (Wildman–Crippen MR) is 117 cm³/mol. The Morgan fingerprint density at radius 2 is 2.03 bits per heavy atom. The highest BCUT2D eigenvalue weighted by Crippen LogP contribution is 2.31. The average molecular weight is 494 g/mol. The van der Waals surface area contributed by atoms with Crippen molar-refractivity contribution in [3.8, 4) is 11.4 Å². The second kappa shape index (κ2) is 9.53. The second-order valence-electron chi connectivity index (χ2n) is 8.13. The molecule has 186 valence electrons. The molecule has 2 aromatic carbocycles. The molecule has 1 aliphatic heterocycles. The van der Waals surface area contributed by atoms with Gasteiger partial charge in [0.25, 0.3) is 5.91 Å². The van der Waals surface area contributed by atoms with Gasteiger partial charge in [-0.2, -0.15) is 17.9 Å². The van der Waals surface area contributed by atoms with E-state index in [9.17, 15) is 27.9 Å². The van der Waals surface area contributed by atoms with Crippen LogP contribution in [0, 0.1) is 5.82 Å². The van der Waals surface area contributed by atoms with Gasteiger partial charge in [0.1, 0.15) is 23.1 Å². The molecule has 0 saturated heterocycles. The maximum Gasteiger partial charge on any atom is 0.425 e. The predicted octanol–water partition coefficient (Wildman–Crippen LogP) is 3.58. The molecule has 1 amide bonds. The smallest absolute Gasteiger partial charge is 0.425 e. The Morgan fingerprint density at radius 3 is 2.71 bits per heavy atom. The van der Waals surface area contributed by atoms with Gasteiger partial charge in [-0.1, -0.05) is 12.1 Å². The molecule has 0 bridgehead atoms. The van der Waals surface area contributed by atoms with Gasteiger partial charge in [-0.3, -0.25) is 9.36 Å². The third-order valence-electron chi connectivity index (χ3n) is 5.63. The van der Waals surface area contributed by atoms with E-state index in [0.717, 1.165) is 30.5 Å². The van der Waals surface area contributed by atoms with Crippen LogP contribution >= 0.6 is 0 Å². The molecule has 1 aromatic heterocycles. The molecule has 12 heteroatoms. The van der Waals surface area contributed by atoms with E-state index in [1.165, 1.54) is 16.7 Å². The van der Waals surface area contributed by atoms with Crippen LogP contribution in [0.4, 0.5) is 23.2 Å². The molecule has 0 aliphatic carbocycles. The zero-order valence-electron chi connectivity index (χ0n) is 18.6. The summed E-state index contributed by atoms with van der Waals surface area (Å²) in [5.74, 6) is -2.10. The number of ether oxygens (including phenoxy) is 1. The van der Waals surface area contributed by atoms with Gasteiger partial charge >= 0.3 is 11.9 Å². The van der Waals surface area contributed by atoms with Crippen molar-refractivity contribution in [3.63, 3.8) is 0 Å². The summed E-state index contributed by atoms with van der Waals surface area (Å²) in [5, 5.41) is 15.9. The van der Waals surface area contributed by atoms with Gasteiger partial charge in [0.2, 0.25) is 0 Å². The first kappa shape index (κ1) is 24.5. The molecule has 1 atom stereocenters. The third kappa shape index (κ3) is 5.06. The molecular formula is C23H22F4N4O4. The molecule has 4 rings (SSSR count).